The maximum absolute atomic E-state index is 5.13. The number of thiophene rings is 1. The van der Waals surface area contributed by atoms with Gasteiger partial charge in [0, 0.05) is 59.4 Å². The Hall–Kier alpha value is -5.78. The molecule has 45 heavy (non-hydrogen) atoms. The lowest BCUT2D eigenvalue weighted by molar-refractivity contribution is 1.19. The van der Waals surface area contributed by atoms with Crippen LogP contribution in [-0.2, 0) is 0 Å². The van der Waals surface area contributed by atoms with E-state index in [1.807, 2.05) is 48.7 Å². The van der Waals surface area contributed by atoms with Crippen LogP contribution in [0, 0.1) is 0 Å². The Morgan fingerprint density at radius 2 is 1.20 bits per heavy atom. The predicted molar refractivity (Wildman–Crippen MR) is 187 cm³/mol. The molecule has 0 radical (unpaired) electrons. The highest BCUT2D eigenvalue weighted by Gasteiger charge is 2.16. The van der Waals surface area contributed by atoms with Gasteiger partial charge in [-0.15, -0.1) is 11.3 Å². The van der Waals surface area contributed by atoms with Gasteiger partial charge >= 0.3 is 0 Å². The van der Waals surface area contributed by atoms with Crippen molar-refractivity contribution in [3.05, 3.63) is 146 Å². The summed E-state index contributed by atoms with van der Waals surface area (Å²) >= 11 is 1.80. The number of nitrogens with zero attached hydrogens (tertiary/aromatic N) is 4. The summed E-state index contributed by atoms with van der Waals surface area (Å²) in [4.78, 5) is 19.9. The van der Waals surface area contributed by atoms with Crippen LogP contribution in [0.25, 0.3) is 87.1 Å². The number of rotatable bonds is 4. The fourth-order valence-electron chi connectivity index (χ4n) is 6.14. The highest BCUT2D eigenvalue weighted by Crippen LogP contribution is 2.42. The van der Waals surface area contributed by atoms with Crippen molar-refractivity contribution in [2.75, 3.05) is 0 Å². The number of aromatic nitrogens is 4. The second kappa shape index (κ2) is 10.4. The van der Waals surface area contributed by atoms with Crippen LogP contribution in [0.15, 0.2) is 146 Å². The third kappa shape index (κ3) is 4.44. The molecule has 5 aromatic carbocycles. The van der Waals surface area contributed by atoms with Crippen LogP contribution < -0.4 is 0 Å². The first-order valence-corrected chi connectivity index (χ1v) is 15.7. The standard InChI is InChI=1S/C40H24N4S/c1-3-9-25(10-4-1)33-24-34(44-40(43-33)28-11-5-2-6-12-28)30-14-7-15-35-37(30)31-20-18-29(23-36(31)45-35)32-21-19-27-17-16-26-13-8-22-41-38(26)39(27)42-32/h1-24H. The molecule has 0 fully saturated rings. The smallest absolute Gasteiger partial charge is 0.160 e. The quantitative estimate of drug-likeness (QED) is 0.191. The van der Waals surface area contributed by atoms with E-state index in [4.69, 9.17) is 15.0 Å². The van der Waals surface area contributed by atoms with E-state index in [-0.39, 0.29) is 0 Å². The summed E-state index contributed by atoms with van der Waals surface area (Å²) in [6, 6.07) is 48.4. The van der Waals surface area contributed by atoms with E-state index in [1.165, 1.54) is 20.2 Å². The zero-order valence-electron chi connectivity index (χ0n) is 24.1. The number of hydrogen-bond donors (Lipinski definition) is 0. The Morgan fingerprint density at radius 3 is 2.04 bits per heavy atom. The Morgan fingerprint density at radius 1 is 0.444 bits per heavy atom. The van der Waals surface area contributed by atoms with Crippen molar-refractivity contribution in [1.29, 1.82) is 0 Å². The molecular formula is C40H24N4S. The van der Waals surface area contributed by atoms with Crippen LogP contribution in [0.3, 0.4) is 0 Å². The van der Waals surface area contributed by atoms with E-state index in [0.717, 1.165) is 67.0 Å². The van der Waals surface area contributed by atoms with Gasteiger partial charge in [0.25, 0.3) is 0 Å². The van der Waals surface area contributed by atoms with Gasteiger partial charge in [0.05, 0.1) is 28.1 Å². The van der Waals surface area contributed by atoms with Crippen LogP contribution >= 0.6 is 11.3 Å². The molecule has 0 saturated carbocycles. The van der Waals surface area contributed by atoms with Crippen molar-refractivity contribution >= 4 is 53.3 Å². The summed E-state index contributed by atoms with van der Waals surface area (Å²) in [5.41, 5.74) is 8.86. The summed E-state index contributed by atoms with van der Waals surface area (Å²) in [7, 11) is 0. The average molecular weight is 593 g/mol. The van der Waals surface area contributed by atoms with Crippen LogP contribution in [0.4, 0.5) is 0 Å². The van der Waals surface area contributed by atoms with Crippen LogP contribution in [0.5, 0.6) is 0 Å². The van der Waals surface area contributed by atoms with Gasteiger partial charge in [-0.25, -0.2) is 15.0 Å². The van der Waals surface area contributed by atoms with Crippen molar-refractivity contribution < 1.29 is 0 Å². The third-order valence-corrected chi connectivity index (χ3v) is 9.45. The van der Waals surface area contributed by atoms with Gasteiger partial charge < -0.3 is 0 Å². The largest absolute Gasteiger partial charge is 0.254 e. The van der Waals surface area contributed by atoms with Crippen molar-refractivity contribution in [2.45, 2.75) is 0 Å². The van der Waals surface area contributed by atoms with E-state index >= 15 is 0 Å². The maximum atomic E-state index is 5.13. The molecule has 0 spiro atoms. The molecule has 4 aromatic heterocycles. The lowest BCUT2D eigenvalue weighted by atomic mass is 10.0. The van der Waals surface area contributed by atoms with Gasteiger partial charge in [0.1, 0.15) is 0 Å². The average Bonchev–Trinajstić information content (AvgIpc) is 3.50. The lowest BCUT2D eigenvalue weighted by Gasteiger charge is -2.10. The van der Waals surface area contributed by atoms with E-state index in [9.17, 15) is 0 Å². The fourth-order valence-corrected chi connectivity index (χ4v) is 7.31. The minimum atomic E-state index is 0.718. The van der Waals surface area contributed by atoms with Gasteiger partial charge in [0.2, 0.25) is 0 Å². The first kappa shape index (κ1) is 25.7. The number of hydrogen-bond acceptors (Lipinski definition) is 5. The topological polar surface area (TPSA) is 51.6 Å². The first-order valence-electron chi connectivity index (χ1n) is 14.9. The van der Waals surface area contributed by atoms with Gasteiger partial charge in [-0.1, -0.05) is 109 Å². The molecule has 0 aliphatic rings. The van der Waals surface area contributed by atoms with Gasteiger partial charge in [0.15, 0.2) is 5.82 Å². The van der Waals surface area contributed by atoms with E-state index in [1.54, 1.807) is 11.3 Å². The zero-order chi connectivity index (χ0) is 29.7. The molecule has 5 heteroatoms. The second-order valence-corrected chi connectivity index (χ2v) is 12.2. The van der Waals surface area contributed by atoms with Crippen LogP contribution in [0.2, 0.25) is 0 Å². The molecule has 0 saturated heterocycles. The molecule has 4 nitrogen and oxygen atoms in total. The summed E-state index contributed by atoms with van der Waals surface area (Å²) in [6.45, 7) is 0. The van der Waals surface area contributed by atoms with E-state index < -0.39 is 0 Å². The SMILES string of the molecule is c1ccc(-c2cc(-c3cccc4sc5cc(-c6ccc7ccc8cccnc8c7n6)ccc5c34)nc(-c3ccccc3)n2)cc1. The van der Waals surface area contributed by atoms with Crippen molar-refractivity contribution in [3.8, 4) is 45.2 Å². The second-order valence-electron chi connectivity index (χ2n) is 11.1. The molecule has 0 aliphatic heterocycles. The molecule has 0 amide bonds. The van der Waals surface area contributed by atoms with Crippen molar-refractivity contribution in [2.24, 2.45) is 0 Å². The van der Waals surface area contributed by atoms with Crippen LogP contribution in [0.1, 0.15) is 0 Å². The molecule has 210 valence electrons. The molecule has 0 aliphatic carbocycles. The van der Waals surface area contributed by atoms with Crippen molar-refractivity contribution in [1.82, 2.24) is 19.9 Å². The Balaban J connectivity index is 1.21. The molecule has 0 atom stereocenters. The molecule has 0 unspecified atom stereocenters. The van der Waals surface area contributed by atoms with Crippen LogP contribution in [-0.4, -0.2) is 19.9 Å². The normalized spacial score (nSPS) is 11.6. The molecule has 4 heterocycles. The molecular weight excluding hydrogens is 569 g/mol. The Labute approximate surface area is 263 Å². The predicted octanol–water partition coefficient (Wildman–Crippen LogP) is 10.6. The highest BCUT2D eigenvalue weighted by atomic mass is 32.1. The van der Waals surface area contributed by atoms with E-state index in [0.29, 0.717) is 0 Å². The molecule has 9 rings (SSSR count). The Kier molecular flexibility index (Phi) is 5.96. The molecule has 9 aromatic rings. The van der Waals surface area contributed by atoms with Gasteiger partial charge in [-0.05, 0) is 30.3 Å². The number of benzene rings is 5. The molecule has 0 N–H and O–H groups in total. The Bertz CT molecular complexity index is 2480. The number of pyridine rings is 2. The summed E-state index contributed by atoms with van der Waals surface area (Å²) in [6.07, 6.45) is 1.83. The summed E-state index contributed by atoms with van der Waals surface area (Å²) in [5.74, 6) is 0.718. The van der Waals surface area contributed by atoms with Gasteiger partial charge in [-0.2, -0.15) is 0 Å². The minimum Gasteiger partial charge on any atom is -0.254 e. The third-order valence-electron chi connectivity index (χ3n) is 8.33. The number of fused-ring (bicyclic) bond motifs is 6. The monoisotopic (exact) mass is 592 g/mol. The van der Waals surface area contributed by atoms with Gasteiger partial charge in [-0.3, -0.25) is 4.98 Å². The minimum absolute atomic E-state index is 0.718. The maximum Gasteiger partial charge on any atom is 0.160 e. The summed E-state index contributed by atoms with van der Waals surface area (Å²) in [5, 5.41) is 4.61. The first-order chi connectivity index (χ1) is 22.3. The fraction of sp³-hybridized carbons (Fsp3) is 0. The highest BCUT2D eigenvalue weighted by molar-refractivity contribution is 7.26. The zero-order valence-corrected chi connectivity index (χ0v) is 24.9. The lowest BCUT2D eigenvalue weighted by Crippen LogP contribution is -1.96. The molecule has 0 bridgehead atoms. The van der Waals surface area contributed by atoms with E-state index in [2.05, 4.69) is 102 Å². The van der Waals surface area contributed by atoms with Crippen molar-refractivity contribution in [3.63, 3.8) is 0 Å². The summed E-state index contributed by atoms with van der Waals surface area (Å²) < 4.78 is 2.44.